The minimum atomic E-state index is -0.212. The SMILES string of the molecule is O=C(NCCn1cccc1)c1cn[nH]n1. The highest BCUT2D eigenvalue weighted by atomic mass is 16.1. The molecule has 2 aromatic rings. The lowest BCUT2D eigenvalue weighted by atomic mass is 10.4. The summed E-state index contributed by atoms with van der Waals surface area (Å²) in [5.74, 6) is -0.212. The van der Waals surface area contributed by atoms with Crippen molar-refractivity contribution in [3.63, 3.8) is 0 Å². The van der Waals surface area contributed by atoms with E-state index in [9.17, 15) is 4.79 Å². The summed E-state index contributed by atoms with van der Waals surface area (Å²) in [4.78, 5) is 11.4. The van der Waals surface area contributed by atoms with Crippen molar-refractivity contribution in [3.8, 4) is 0 Å². The van der Waals surface area contributed by atoms with Gasteiger partial charge < -0.3 is 9.88 Å². The molecule has 2 N–H and O–H groups in total. The first-order chi connectivity index (χ1) is 7.36. The number of H-pyrrole nitrogens is 1. The first-order valence-electron chi connectivity index (χ1n) is 4.61. The van der Waals surface area contributed by atoms with Crippen molar-refractivity contribution >= 4 is 5.91 Å². The van der Waals surface area contributed by atoms with Crippen LogP contribution in [0.3, 0.4) is 0 Å². The second kappa shape index (κ2) is 4.41. The van der Waals surface area contributed by atoms with Crippen molar-refractivity contribution in [2.24, 2.45) is 0 Å². The van der Waals surface area contributed by atoms with Crippen LogP contribution in [-0.2, 0) is 6.54 Å². The van der Waals surface area contributed by atoms with Gasteiger partial charge in [-0.2, -0.15) is 15.4 Å². The zero-order chi connectivity index (χ0) is 10.5. The standard InChI is InChI=1S/C9H11N5O/c15-9(8-7-11-13-12-8)10-3-6-14-4-1-2-5-14/h1-2,4-5,7H,3,6H2,(H,10,15)(H,11,12,13). The van der Waals surface area contributed by atoms with E-state index in [0.717, 1.165) is 6.54 Å². The molecule has 0 fully saturated rings. The maximum atomic E-state index is 11.4. The molecule has 0 saturated heterocycles. The van der Waals surface area contributed by atoms with Gasteiger partial charge in [0.2, 0.25) is 0 Å². The zero-order valence-electron chi connectivity index (χ0n) is 8.05. The Morgan fingerprint density at radius 1 is 1.47 bits per heavy atom. The summed E-state index contributed by atoms with van der Waals surface area (Å²) in [6.07, 6.45) is 5.29. The van der Waals surface area contributed by atoms with E-state index >= 15 is 0 Å². The van der Waals surface area contributed by atoms with E-state index in [0.29, 0.717) is 12.2 Å². The first kappa shape index (κ1) is 9.45. The molecule has 0 aliphatic heterocycles. The van der Waals surface area contributed by atoms with Crippen LogP contribution in [0.1, 0.15) is 10.5 Å². The van der Waals surface area contributed by atoms with Gasteiger partial charge in [0.25, 0.3) is 5.91 Å². The van der Waals surface area contributed by atoms with Crippen LogP contribution in [-0.4, -0.2) is 32.4 Å². The summed E-state index contributed by atoms with van der Waals surface area (Å²) >= 11 is 0. The minimum Gasteiger partial charge on any atom is -0.353 e. The number of nitrogens with zero attached hydrogens (tertiary/aromatic N) is 3. The third kappa shape index (κ3) is 2.43. The quantitative estimate of drug-likeness (QED) is 0.739. The Kier molecular flexibility index (Phi) is 2.77. The summed E-state index contributed by atoms with van der Waals surface area (Å²) < 4.78 is 1.99. The van der Waals surface area contributed by atoms with Gasteiger partial charge in [-0.3, -0.25) is 4.79 Å². The van der Waals surface area contributed by atoms with E-state index in [1.807, 2.05) is 29.1 Å². The minimum absolute atomic E-state index is 0.212. The molecule has 15 heavy (non-hydrogen) atoms. The maximum absolute atomic E-state index is 11.4. The van der Waals surface area contributed by atoms with Gasteiger partial charge in [0, 0.05) is 25.5 Å². The summed E-state index contributed by atoms with van der Waals surface area (Å²) in [6.45, 7) is 1.32. The Labute approximate surface area is 86.3 Å². The molecule has 0 atom stereocenters. The molecule has 2 aromatic heterocycles. The van der Waals surface area contributed by atoms with Crippen LogP contribution in [0.25, 0.3) is 0 Å². The molecule has 6 nitrogen and oxygen atoms in total. The van der Waals surface area contributed by atoms with E-state index < -0.39 is 0 Å². The Morgan fingerprint density at radius 3 is 2.93 bits per heavy atom. The smallest absolute Gasteiger partial charge is 0.273 e. The van der Waals surface area contributed by atoms with Gasteiger partial charge in [0.05, 0.1) is 6.20 Å². The molecule has 0 bridgehead atoms. The number of carbonyl (C=O) groups excluding carboxylic acids is 1. The number of amides is 1. The van der Waals surface area contributed by atoms with E-state index in [-0.39, 0.29) is 5.91 Å². The van der Waals surface area contributed by atoms with E-state index in [1.54, 1.807) is 0 Å². The van der Waals surface area contributed by atoms with E-state index in [1.165, 1.54) is 6.20 Å². The maximum Gasteiger partial charge on any atom is 0.273 e. The van der Waals surface area contributed by atoms with Crippen molar-refractivity contribution < 1.29 is 4.79 Å². The molecule has 0 aromatic carbocycles. The van der Waals surface area contributed by atoms with Crippen LogP contribution in [0, 0.1) is 0 Å². The number of aromatic amines is 1. The highest BCUT2D eigenvalue weighted by molar-refractivity contribution is 5.91. The third-order valence-electron chi connectivity index (χ3n) is 1.97. The molecule has 1 amide bonds. The molecular formula is C9H11N5O. The number of carbonyl (C=O) groups is 1. The fraction of sp³-hybridized carbons (Fsp3) is 0.222. The van der Waals surface area contributed by atoms with Crippen LogP contribution in [0.4, 0.5) is 0 Å². The van der Waals surface area contributed by atoms with Gasteiger partial charge in [-0.1, -0.05) is 0 Å². The van der Waals surface area contributed by atoms with Crippen molar-refractivity contribution in [2.45, 2.75) is 6.54 Å². The van der Waals surface area contributed by atoms with Gasteiger partial charge in [-0.15, -0.1) is 0 Å². The summed E-state index contributed by atoms with van der Waals surface area (Å²) in [5.41, 5.74) is 0.308. The normalized spacial score (nSPS) is 10.1. The highest BCUT2D eigenvalue weighted by Gasteiger charge is 2.06. The van der Waals surface area contributed by atoms with Crippen LogP contribution >= 0.6 is 0 Å². The number of rotatable bonds is 4. The van der Waals surface area contributed by atoms with Gasteiger partial charge in [-0.25, -0.2) is 0 Å². The highest BCUT2D eigenvalue weighted by Crippen LogP contribution is 1.90. The Balaban J connectivity index is 1.77. The number of hydrogen-bond donors (Lipinski definition) is 2. The largest absolute Gasteiger partial charge is 0.353 e. The average molecular weight is 205 g/mol. The van der Waals surface area contributed by atoms with Crippen LogP contribution < -0.4 is 5.32 Å². The number of hydrogen-bond acceptors (Lipinski definition) is 3. The molecule has 78 valence electrons. The fourth-order valence-corrected chi connectivity index (χ4v) is 1.22. The van der Waals surface area contributed by atoms with Crippen LogP contribution in [0.2, 0.25) is 0 Å². The van der Waals surface area contributed by atoms with Gasteiger partial charge in [-0.05, 0) is 12.1 Å². The molecule has 0 saturated carbocycles. The lowest BCUT2D eigenvalue weighted by Crippen LogP contribution is -2.27. The van der Waals surface area contributed by atoms with Gasteiger partial charge >= 0.3 is 0 Å². The van der Waals surface area contributed by atoms with Gasteiger partial charge in [0.15, 0.2) is 5.69 Å². The van der Waals surface area contributed by atoms with E-state index in [4.69, 9.17) is 0 Å². The average Bonchev–Trinajstić information content (AvgIpc) is 2.90. The molecular weight excluding hydrogens is 194 g/mol. The predicted molar refractivity (Wildman–Crippen MR) is 53.1 cm³/mol. The van der Waals surface area contributed by atoms with Crippen molar-refractivity contribution in [2.75, 3.05) is 6.54 Å². The summed E-state index contributed by atoms with van der Waals surface area (Å²) in [5, 5.41) is 12.4. The Morgan fingerprint density at radius 2 is 2.27 bits per heavy atom. The topological polar surface area (TPSA) is 75.6 Å². The molecule has 2 heterocycles. The van der Waals surface area contributed by atoms with Crippen molar-refractivity contribution in [1.82, 2.24) is 25.3 Å². The van der Waals surface area contributed by atoms with Crippen LogP contribution in [0.15, 0.2) is 30.7 Å². The molecule has 0 unspecified atom stereocenters. The van der Waals surface area contributed by atoms with Crippen molar-refractivity contribution in [3.05, 3.63) is 36.4 Å². The monoisotopic (exact) mass is 205 g/mol. The zero-order valence-corrected chi connectivity index (χ0v) is 8.05. The Bertz CT molecular complexity index is 406. The Hall–Kier alpha value is -2.11. The second-order valence-corrected chi connectivity index (χ2v) is 3.03. The van der Waals surface area contributed by atoms with Crippen molar-refractivity contribution in [1.29, 1.82) is 0 Å². The van der Waals surface area contributed by atoms with Crippen LogP contribution in [0.5, 0.6) is 0 Å². The summed E-state index contributed by atoms with van der Waals surface area (Å²) in [6, 6.07) is 3.89. The molecule has 6 heteroatoms. The number of aromatic nitrogens is 4. The second-order valence-electron chi connectivity index (χ2n) is 3.03. The van der Waals surface area contributed by atoms with E-state index in [2.05, 4.69) is 20.7 Å². The fourth-order valence-electron chi connectivity index (χ4n) is 1.22. The lowest BCUT2D eigenvalue weighted by molar-refractivity contribution is 0.0947. The molecule has 0 spiro atoms. The lowest BCUT2D eigenvalue weighted by Gasteiger charge is -2.03. The summed E-state index contributed by atoms with van der Waals surface area (Å²) in [7, 11) is 0. The molecule has 2 rings (SSSR count). The molecule has 0 aliphatic rings. The van der Waals surface area contributed by atoms with Gasteiger partial charge in [0.1, 0.15) is 0 Å². The molecule has 0 radical (unpaired) electrons. The first-order valence-corrected chi connectivity index (χ1v) is 4.61. The molecule has 0 aliphatic carbocycles. The third-order valence-corrected chi connectivity index (χ3v) is 1.97. The number of nitrogens with one attached hydrogen (secondary N) is 2. The predicted octanol–water partition coefficient (Wildman–Crippen LogP) is 0.0362.